The number of carbonyl (C=O) groups is 1. The van der Waals surface area contributed by atoms with Gasteiger partial charge in [0.05, 0.1) is 5.41 Å². The van der Waals surface area contributed by atoms with E-state index in [1.54, 1.807) is 12.1 Å². The minimum atomic E-state index is -0.577. The van der Waals surface area contributed by atoms with Gasteiger partial charge in [-0.25, -0.2) is 4.39 Å². The number of hydrogen-bond donors (Lipinski definition) is 2. The van der Waals surface area contributed by atoms with Gasteiger partial charge in [0.25, 0.3) is 0 Å². The molecular formula is C20H23FN2O3. The first-order valence-electron chi connectivity index (χ1n) is 8.68. The molecule has 2 aromatic carbocycles. The SMILES string of the molecule is NCC1(C(=O)Nc2cccc(COc3cccc(F)c3)c2)CCOCC1. The van der Waals surface area contributed by atoms with Crippen LogP contribution in [-0.2, 0) is 16.1 Å². The zero-order valence-corrected chi connectivity index (χ0v) is 14.5. The number of halogens is 1. The second-order valence-electron chi connectivity index (χ2n) is 6.50. The summed E-state index contributed by atoms with van der Waals surface area (Å²) in [6, 6.07) is 13.4. The van der Waals surface area contributed by atoms with Crippen LogP contribution in [0.25, 0.3) is 0 Å². The Morgan fingerprint density at radius 2 is 1.96 bits per heavy atom. The van der Waals surface area contributed by atoms with Crippen LogP contribution >= 0.6 is 0 Å². The number of carbonyl (C=O) groups excluding carboxylic acids is 1. The van der Waals surface area contributed by atoms with Gasteiger partial charge < -0.3 is 20.5 Å². The van der Waals surface area contributed by atoms with Crippen molar-refractivity contribution in [1.82, 2.24) is 0 Å². The lowest BCUT2D eigenvalue weighted by atomic mass is 9.79. The molecule has 0 unspecified atom stereocenters. The number of amides is 1. The highest BCUT2D eigenvalue weighted by atomic mass is 19.1. The van der Waals surface area contributed by atoms with Gasteiger partial charge in [-0.2, -0.15) is 0 Å². The molecule has 1 aliphatic heterocycles. The molecule has 0 radical (unpaired) electrons. The fraction of sp³-hybridized carbons (Fsp3) is 0.350. The van der Waals surface area contributed by atoms with Gasteiger partial charge in [0.2, 0.25) is 5.91 Å². The van der Waals surface area contributed by atoms with Crippen LogP contribution in [0, 0.1) is 11.2 Å². The van der Waals surface area contributed by atoms with E-state index in [4.69, 9.17) is 15.2 Å². The molecule has 1 aliphatic rings. The molecule has 1 heterocycles. The third-order valence-corrected chi connectivity index (χ3v) is 4.71. The Labute approximate surface area is 152 Å². The van der Waals surface area contributed by atoms with Crippen molar-refractivity contribution in [3.63, 3.8) is 0 Å². The van der Waals surface area contributed by atoms with Gasteiger partial charge >= 0.3 is 0 Å². The number of hydrogen-bond acceptors (Lipinski definition) is 4. The molecular weight excluding hydrogens is 335 g/mol. The zero-order chi connectivity index (χ0) is 18.4. The van der Waals surface area contributed by atoms with Crippen molar-refractivity contribution in [1.29, 1.82) is 0 Å². The third kappa shape index (κ3) is 4.39. The van der Waals surface area contributed by atoms with Crippen molar-refractivity contribution >= 4 is 11.6 Å². The third-order valence-electron chi connectivity index (χ3n) is 4.71. The standard InChI is InChI=1S/C20H23FN2O3/c21-16-4-2-6-18(12-16)26-13-15-3-1-5-17(11-15)23-19(24)20(14-22)7-9-25-10-8-20/h1-6,11-12H,7-10,13-14,22H2,(H,23,24). The first-order chi connectivity index (χ1) is 12.6. The Kier molecular flexibility index (Phi) is 5.85. The Morgan fingerprint density at radius 1 is 1.19 bits per heavy atom. The summed E-state index contributed by atoms with van der Waals surface area (Å²) in [5.41, 5.74) is 6.87. The molecule has 3 N–H and O–H groups in total. The van der Waals surface area contributed by atoms with Gasteiger partial charge in [0, 0.05) is 31.5 Å². The molecule has 1 amide bonds. The Balaban J connectivity index is 1.64. The van der Waals surface area contributed by atoms with Crippen molar-refractivity contribution in [2.24, 2.45) is 11.1 Å². The van der Waals surface area contributed by atoms with Crippen LogP contribution in [0.5, 0.6) is 5.75 Å². The minimum absolute atomic E-state index is 0.0773. The lowest BCUT2D eigenvalue weighted by Gasteiger charge is -2.34. The number of anilines is 1. The minimum Gasteiger partial charge on any atom is -0.489 e. The molecule has 0 spiro atoms. The van der Waals surface area contributed by atoms with E-state index >= 15 is 0 Å². The van der Waals surface area contributed by atoms with Crippen molar-refractivity contribution in [2.45, 2.75) is 19.4 Å². The van der Waals surface area contributed by atoms with Gasteiger partial charge in [0.1, 0.15) is 18.2 Å². The number of ether oxygens (including phenoxy) is 2. The summed E-state index contributed by atoms with van der Waals surface area (Å²) >= 11 is 0. The first kappa shape index (κ1) is 18.4. The van der Waals surface area contributed by atoms with Crippen LogP contribution in [0.1, 0.15) is 18.4 Å². The van der Waals surface area contributed by atoms with Crippen LogP contribution in [0.3, 0.4) is 0 Å². The maximum absolute atomic E-state index is 13.2. The Morgan fingerprint density at radius 3 is 2.69 bits per heavy atom. The Bertz CT molecular complexity index is 760. The summed E-state index contributed by atoms with van der Waals surface area (Å²) in [4.78, 5) is 12.7. The van der Waals surface area contributed by atoms with E-state index < -0.39 is 5.41 Å². The van der Waals surface area contributed by atoms with E-state index in [-0.39, 0.29) is 18.3 Å². The van der Waals surface area contributed by atoms with Crippen molar-refractivity contribution < 1.29 is 18.7 Å². The summed E-state index contributed by atoms with van der Waals surface area (Å²) in [5.74, 6) is 0.0438. The molecule has 0 saturated carbocycles. The van der Waals surface area contributed by atoms with E-state index in [9.17, 15) is 9.18 Å². The summed E-state index contributed by atoms with van der Waals surface area (Å²) < 4.78 is 24.2. The summed E-state index contributed by atoms with van der Waals surface area (Å²) in [5, 5.41) is 2.96. The maximum Gasteiger partial charge on any atom is 0.232 e. The van der Waals surface area contributed by atoms with Crippen molar-refractivity contribution in [3.8, 4) is 5.75 Å². The van der Waals surface area contributed by atoms with Crippen molar-refractivity contribution in [2.75, 3.05) is 25.1 Å². The second-order valence-corrected chi connectivity index (χ2v) is 6.50. The van der Waals surface area contributed by atoms with E-state index in [2.05, 4.69) is 5.32 Å². The van der Waals surface area contributed by atoms with Crippen molar-refractivity contribution in [3.05, 3.63) is 59.9 Å². The monoisotopic (exact) mass is 358 g/mol. The first-order valence-corrected chi connectivity index (χ1v) is 8.68. The van der Waals surface area contributed by atoms with Gasteiger partial charge in [-0.15, -0.1) is 0 Å². The second kappa shape index (κ2) is 8.29. The lowest BCUT2D eigenvalue weighted by Crippen LogP contribution is -2.46. The van der Waals surface area contributed by atoms with E-state index in [0.29, 0.717) is 44.0 Å². The highest BCUT2D eigenvalue weighted by molar-refractivity contribution is 5.95. The molecule has 5 nitrogen and oxygen atoms in total. The number of nitrogens with two attached hydrogens (primary N) is 1. The van der Waals surface area contributed by atoms with Gasteiger partial charge in [-0.1, -0.05) is 18.2 Å². The molecule has 1 saturated heterocycles. The quantitative estimate of drug-likeness (QED) is 0.832. The van der Waals surface area contributed by atoms with Crippen LogP contribution < -0.4 is 15.8 Å². The lowest BCUT2D eigenvalue weighted by molar-refractivity contribution is -0.130. The van der Waals surface area contributed by atoms with Gasteiger partial charge in [-0.05, 0) is 42.7 Å². The van der Waals surface area contributed by atoms with Crippen LogP contribution in [0.2, 0.25) is 0 Å². The number of benzene rings is 2. The summed E-state index contributed by atoms with van der Waals surface area (Å²) in [6.07, 6.45) is 1.25. The molecule has 2 aromatic rings. The molecule has 3 rings (SSSR count). The molecule has 6 heteroatoms. The number of rotatable bonds is 6. The summed E-state index contributed by atoms with van der Waals surface area (Å²) in [6.45, 7) is 1.67. The maximum atomic E-state index is 13.2. The molecule has 1 fully saturated rings. The molecule has 0 aromatic heterocycles. The predicted molar refractivity (Wildman–Crippen MR) is 97.3 cm³/mol. The Hall–Kier alpha value is -2.44. The van der Waals surface area contributed by atoms with Gasteiger partial charge in [-0.3, -0.25) is 4.79 Å². The van der Waals surface area contributed by atoms with Crippen LogP contribution in [-0.4, -0.2) is 25.7 Å². The smallest absolute Gasteiger partial charge is 0.232 e. The topological polar surface area (TPSA) is 73.6 Å². The number of nitrogens with one attached hydrogen (secondary N) is 1. The zero-order valence-electron chi connectivity index (χ0n) is 14.5. The average molecular weight is 358 g/mol. The van der Waals surface area contributed by atoms with Crippen LogP contribution in [0.4, 0.5) is 10.1 Å². The fourth-order valence-electron chi connectivity index (χ4n) is 3.01. The average Bonchev–Trinajstić information content (AvgIpc) is 2.67. The molecule has 0 atom stereocenters. The summed E-state index contributed by atoms with van der Waals surface area (Å²) in [7, 11) is 0. The molecule has 26 heavy (non-hydrogen) atoms. The van der Waals surface area contributed by atoms with E-state index in [1.807, 2.05) is 24.3 Å². The fourth-order valence-corrected chi connectivity index (χ4v) is 3.01. The normalized spacial score (nSPS) is 16.1. The highest BCUT2D eigenvalue weighted by Crippen LogP contribution is 2.31. The van der Waals surface area contributed by atoms with Gasteiger partial charge in [0.15, 0.2) is 0 Å². The van der Waals surface area contributed by atoms with E-state index in [0.717, 1.165) is 5.56 Å². The molecule has 0 bridgehead atoms. The van der Waals surface area contributed by atoms with Crippen LogP contribution in [0.15, 0.2) is 48.5 Å². The predicted octanol–water partition coefficient (Wildman–Crippen LogP) is 3.10. The molecule has 138 valence electrons. The largest absolute Gasteiger partial charge is 0.489 e. The highest BCUT2D eigenvalue weighted by Gasteiger charge is 2.38. The molecule has 0 aliphatic carbocycles. The van der Waals surface area contributed by atoms with E-state index in [1.165, 1.54) is 12.1 Å².